The number of rotatable bonds is 4. The molecule has 0 unspecified atom stereocenters. The highest BCUT2D eigenvalue weighted by atomic mass is 35.5. The third-order valence-electron chi connectivity index (χ3n) is 6.37. The molecule has 4 rings (SSSR count). The van der Waals surface area contributed by atoms with Crippen molar-refractivity contribution in [2.24, 2.45) is 11.7 Å². The highest BCUT2D eigenvalue weighted by molar-refractivity contribution is 5.85. The van der Waals surface area contributed by atoms with E-state index in [1.54, 1.807) is 12.3 Å². The van der Waals surface area contributed by atoms with Gasteiger partial charge in [0, 0.05) is 11.4 Å². The molecule has 1 aliphatic heterocycles. The van der Waals surface area contributed by atoms with Crippen LogP contribution >= 0.6 is 24.8 Å². The SMILES string of the molecule is Cl.Cl.NC1CCC(CCN2CCC(c3ccc(F)c4occc34)CC2)CC1. The van der Waals surface area contributed by atoms with Gasteiger partial charge in [0.25, 0.3) is 0 Å². The average Bonchev–Trinajstić information content (AvgIpc) is 3.13. The Hall–Kier alpha value is -0.810. The number of hydrogen-bond donors (Lipinski definition) is 1. The molecule has 6 heteroatoms. The molecule has 1 aromatic heterocycles. The minimum absolute atomic E-state index is 0. The molecule has 2 fully saturated rings. The first kappa shape index (κ1) is 22.5. The molecule has 2 heterocycles. The maximum atomic E-state index is 13.8. The van der Waals surface area contributed by atoms with Crippen LogP contribution in [0.1, 0.15) is 56.4 Å². The lowest BCUT2D eigenvalue weighted by Crippen LogP contribution is -2.35. The molecular weight excluding hydrogens is 386 g/mol. The number of likely N-dealkylation sites (tertiary alicyclic amines) is 1. The van der Waals surface area contributed by atoms with E-state index in [1.807, 2.05) is 12.1 Å². The van der Waals surface area contributed by atoms with E-state index in [-0.39, 0.29) is 30.6 Å². The Morgan fingerprint density at radius 3 is 2.41 bits per heavy atom. The molecule has 1 saturated carbocycles. The Balaban J connectivity index is 0.00000131. The summed E-state index contributed by atoms with van der Waals surface area (Å²) in [6.45, 7) is 3.51. The van der Waals surface area contributed by atoms with Gasteiger partial charge in [-0.15, -0.1) is 24.8 Å². The Labute approximate surface area is 173 Å². The van der Waals surface area contributed by atoms with Crippen LogP contribution < -0.4 is 5.73 Å². The molecule has 3 nitrogen and oxygen atoms in total. The van der Waals surface area contributed by atoms with Crippen LogP contribution in [0.2, 0.25) is 0 Å². The first-order chi connectivity index (χ1) is 12.2. The molecule has 1 aliphatic carbocycles. The fourth-order valence-electron chi connectivity index (χ4n) is 4.72. The highest BCUT2D eigenvalue weighted by Gasteiger charge is 2.24. The summed E-state index contributed by atoms with van der Waals surface area (Å²) in [6, 6.07) is 5.87. The second-order valence-corrected chi connectivity index (χ2v) is 7.99. The number of nitrogens with zero attached hydrogens (tertiary/aromatic N) is 1. The van der Waals surface area contributed by atoms with Gasteiger partial charge in [0.05, 0.1) is 6.26 Å². The van der Waals surface area contributed by atoms with Crippen molar-refractivity contribution in [1.82, 2.24) is 4.90 Å². The fourth-order valence-corrected chi connectivity index (χ4v) is 4.72. The number of nitrogens with two attached hydrogens (primary N) is 1. The number of halogens is 3. The molecule has 0 bridgehead atoms. The van der Waals surface area contributed by atoms with Crippen molar-refractivity contribution >= 4 is 35.8 Å². The maximum Gasteiger partial charge on any atom is 0.169 e. The van der Waals surface area contributed by atoms with E-state index in [4.69, 9.17) is 10.2 Å². The van der Waals surface area contributed by atoms with Gasteiger partial charge < -0.3 is 15.1 Å². The molecule has 1 saturated heterocycles. The predicted octanol–water partition coefficient (Wildman–Crippen LogP) is 5.50. The molecule has 2 aliphatic rings. The summed E-state index contributed by atoms with van der Waals surface area (Å²) in [6.07, 6.45) is 10.3. The monoisotopic (exact) mass is 416 g/mol. The second-order valence-electron chi connectivity index (χ2n) is 7.99. The largest absolute Gasteiger partial charge is 0.461 e. The number of piperidine rings is 1. The lowest BCUT2D eigenvalue weighted by Gasteiger charge is -2.34. The quantitative estimate of drug-likeness (QED) is 0.714. The Morgan fingerprint density at radius 2 is 1.70 bits per heavy atom. The zero-order valence-corrected chi connectivity index (χ0v) is 17.4. The van der Waals surface area contributed by atoms with E-state index in [2.05, 4.69) is 4.90 Å². The molecule has 0 amide bonds. The lowest BCUT2D eigenvalue weighted by atomic mass is 9.84. The number of furan rings is 1. The van der Waals surface area contributed by atoms with E-state index in [9.17, 15) is 4.39 Å². The van der Waals surface area contributed by atoms with Crippen LogP contribution in [0.3, 0.4) is 0 Å². The van der Waals surface area contributed by atoms with Crippen LogP contribution in [-0.2, 0) is 0 Å². The van der Waals surface area contributed by atoms with Crippen LogP contribution in [0.5, 0.6) is 0 Å². The molecule has 152 valence electrons. The molecule has 0 radical (unpaired) electrons. The Morgan fingerprint density at radius 1 is 1.00 bits per heavy atom. The van der Waals surface area contributed by atoms with Crippen LogP contribution in [0.4, 0.5) is 4.39 Å². The van der Waals surface area contributed by atoms with Gasteiger partial charge in [-0.25, -0.2) is 4.39 Å². The zero-order chi connectivity index (χ0) is 17.2. The molecule has 0 atom stereocenters. The first-order valence-electron chi connectivity index (χ1n) is 9.84. The summed E-state index contributed by atoms with van der Waals surface area (Å²) >= 11 is 0. The minimum Gasteiger partial charge on any atom is -0.461 e. The Kier molecular flexibility index (Phi) is 8.41. The van der Waals surface area contributed by atoms with Gasteiger partial charge in [0.2, 0.25) is 0 Å². The van der Waals surface area contributed by atoms with Crippen molar-refractivity contribution < 1.29 is 8.81 Å². The Bertz CT molecular complexity index is 707. The third kappa shape index (κ3) is 5.17. The van der Waals surface area contributed by atoms with Crippen molar-refractivity contribution in [1.29, 1.82) is 0 Å². The average molecular weight is 417 g/mol. The maximum absolute atomic E-state index is 13.8. The van der Waals surface area contributed by atoms with Crippen molar-refractivity contribution in [3.8, 4) is 0 Å². The normalized spacial score (nSPS) is 24.4. The number of benzene rings is 1. The van der Waals surface area contributed by atoms with Crippen LogP contribution in [-0.4, -0.2) is 30.6 Å². The summed E-state index contributed by atoms with van der Waals surface area (Å²) in [5.41, 5.74) is 7.67. The summed E-state index contributed by atoms with van der Waals surface area (Å²) < 4.78 is 19.1. The van der Waals surface area contributed by atoms with Crippen molar-refractivity contribution in [3.05, 3.63) is 35.8 Å². The highest BCUT2D eigenvalue weighted by Crippen LogP contribution is 2.35. The number of hydrogen-bond acceptors (Lipinski definition) is 3. The number of fused-ring (bicyclic) bond motifs is 1. The van der Waals surface area contributed by atoms with E-state index >= 15 is 0 Å². The van der Waals surface area contributed by atoms with Gasteiger partial charge in [-0.05, 0) is 94.1 Å². The molecule has 2 N–H and O–H groups in total. The zero-order valence-electron chi connectivity index (χ0n) is 15.7. The molecule has 2 aromatic rings. The molecular formula is C21H31Cl2FN2O. The molecule has 1 aromatic carbocycles. The van der Waals surface area contributed by atoms with E-state index in [0.717, 1.165) is 37.2 Å². The summed E-state index contributed by atoms with van der Waals surface area (Å²) in [5.74, 6) is 1.14. The minimum atomic E-state index is -0.256. The van der Waals surface area contributed by atoms with Crippen molar-refractivity contribution in [3.63, 3.8) is 0 Å². The second kappa shape index (κ2) is 10.1. The lowest BCUT2D eigenvalue weighted by molar-refractivity contribution is 0.187. The van der Waals surface area contributed by atoms with Crippen LogP contribution in [0.15, 0.2) is 28.9 Å². The fraction of sp³-hybridized carbons (Fsp3) is 0.619. The smallest absolute Gasteiger partial charge is 0.169 e. The van der Waals surface area contributed by atoms with Crippen LogP contribution in [0, 0.1) is 11.7 Å². The van der Waals surface area contributed by atoms with Gasteiger partial charge in [-0.2, -0.15) is 0 Å². The summed E-state index contributed by atoms with van der Waals surface area (Å²) in [7, 11) is 0. The molecule has 0 spiro atoms. The summed E-state index contributed by atoms with van der Waals surface area (Å²) in [4.78, 5) is 2.61. The van der Waals surface area contributed by atoms with E-state index in [0.29, 0.717) is 17.5 Å². The van der Waals surface area contributed by atoms with E-state index < -0.39 is 0 Å². The summed E-state index contributed by atoms with van der Waals surface area (Å²) in [5, 5.41) is 0.956. The van der Waals surface area contributed by atoms with Crippen molar-refractivity contribution in [2.75, 3.05) is 19.6 Å². The van der Waals surface area contributed by atoms with Gasteiger partial charge in [-0.3, -0.25) is 0 Å². The topological polar surface area (TPSA) is 42.4 Å². The van der Waals surface area contributed by atoms with Gasteiger partial charge in [-0.1, -0.05) is 6.07 Å². The predicted molar refractivity (Wildman–Crippen MR) is 114 cm³/mol. The van der Waals surface area contributed by atoms with E-state index in [1.165, 1.54) is 44.2 Å². The standard InChI is InChI=1S/C21H29FN2O.2ClH/c22-20-6-5-18(19-10-14-25-21(19)20)16-8-12-24(13-9-16)11-7-15-1-3-17(23)4-2-15;;/h5-6,10,14-17H,1-4,7-9,11-13,23H2;2*1H. The first-order valence-corrected chi connectivity index (χ1v) is 9.84. The van der Waals surface area contributed by atoms with Gasteiger partial charge in [0.1, 0.15) is 0 Å². The van der Waals surface area contributed by atoms with Gasteiger partial charge >= 0.3 is 0 Å². The third-order valence-corrected chi connectivity index (χ3v) is 6.37. The van der Waals surface area contributed by atoms with Crippen LogP contribution in [0.25, 0.3) is 11.0 Å². The van der Waals surface area contributed by atoms with Crippen molar-refractivity contribution in [2.45, 2.75) is 56.9 Å². The molecule has 27 heavy (non-hydrogen) atoms. The van der Waals surface area contributed by atoms with Gasteiger partial charge in [0.15, 0.2) is 11.4 Å².